The Kier molecular flexibility index (Phi) is 6.83. The highest BCUT2D eigenvalue weighted by atomic mass is 35.5. The molecule has 32 heavy (non-hydrogen) atoms. The molecule has 0 aliphatic heterocycles. The van der Waals surface area contributed by atoms with Crippen LogP contribution in [0.3, 0.4) is 0 Å². The molecule has 0 spiro atoms. The van der Waals surface area contributed by atoms with Gasteiger partial charge in [-0.2, -0.15) is 0 Å². The van der Waals surface area contributed by atoms with Gasteiger partial charge in [0, 0.05) is 23.0 Å². The third-order valence-electron chi connectivity index (χ3n) is 5.21. The van der Waals surface area contributed by atoms with E-state index in [0.717, 1.165) is 36.3 Å². The van der Waals surface area contributed by atoms with Crippen molar-refractivity contribution in [2.45, 2.75) is 32.3 Å². The molecular weight excluding hydrogens is 454 g/mol. The van der Waals surface area contributed by atoms with Crippen LogP contribution in [0.15, 0.2) is 24.5 Å². The molecule has 3 aromatic heterocycles. The highest BCUT2D eigenvalue weighted by Gasteiger charge is 2.24. The summed E-state index contributed by atoms with van der Waals surface area (Å²) in [5.41, 5.74) is 2.30. The molecule has 0 bridgehead atoms. The van der Waals surface area contributed by atoms with E-state index in [2.05, 4.69) is 25.5 Å². The van der Waals surface area contributed by atoms with E-state index in [1.165, 1.54) is 19.5 Å². The van der Waals surface area contributed by atoms with Crippen LogP contribution in [0.1, 0.15) is 35.3 Å². The van der Waals surface area contributed by atoms with Crippen molar-refractivity contribution in [1.29, 1.82) is 0 Å². The largest absolute Gasteiger partial charge is 0.494 e. The standard InChI is InChI=1S/C21H22ClN5O4S/c1-11-5-14(15-7-18(22)24-9-17(15)30-2)16(8-23-11)19(29)25-20-26-27-21(32-20)31-10-12-3-4-13(28)6-12/h5,7-9,12-13,28H,3-4,6,10H2,1-2H3,(H,25,26,29). The number of pyridine rings is 2. The van der Waals surface area contributed by atoms with Gasteiger partial charge in [0.2, 0.25) is 5.13 Å². The van der Waals surface area contributed by atoms with Crippen molar-refractivity contribution in [2.24, 2.45) is 5.92 Å². The molecular formula is C21H22ClN5O4S. The van der Waals surface area contributed by atoms with E-state index < -0.39 is 5.91 Å². The summed E-state index contributed by atoms with van der Waals surface area (Å²) in [6.07, 6.45) is 5.21. The number of hydrogen-bond acceptors (Lipinski definition) is 9. The molecule has 1 fully saturated rings. The number of hydrogen-bond donors (Lipinski definition) is 2. The monoisotopic (exact) mass is 475 g/mol. The minimum absolute atomic E-state index is 0.251. The van der Waals surface area contributed by atoms with Crippen molar-refractivity contribution in [3.8, 4) is 22.1 Å². The van der Waals surface area contributed by atoms with Gasteiger partial charge in [-0.05, 0) is 55.6 Å². The molecule has 9 nitrogen and oxygen atoms in total. The molecule has 1 aliphatic carbocycles. The summed E-state index contributed by atoms with van der Waals surface area (Å²) in [4.78, 5) is 21.3. The lowest BCUT2D eigenvalue weighted by Crippen LogP contribution is -2.14. The van der Waals surface area contributed by atoms with E-state index >= 15 is 0 Å². The molecule has 0 aromatic carbocycles. The molecule has 1 saturated carbocycles. The van der Waals surface area contributed by atoms with Gasteiger partial charge in [-0.1, -0.05) is 16.7 Å². The van der Waals surface area contributed by atoms with Gasteiger partial charge in [-0.3, -0.25) is 15.1 Å². The number of carbonyl (C=O) groups is 1. The summed E-state index contributed by atoms with van der Waals surface area (Å²) in [5.74, 6) is 0.386. The van der Waals surface area contributed by atoms with Crippen molar-refractivity contribution in [1.82, 2.24) is 20.2 Å². The number of carbonyl (C=O) groups excluding carboxylic acids is 1. The fraction of sp³-hybridized carbons (Fsp3) is 0.381. The molecule has 3 aromatic rings. The lowest BCUT2D eigenvalue weighted by molar-refractivity contribution is 0.102. The smallest absolute Gasteiger partial charge is 0.295 e. The van der Waals surface area contributed by atoms with Gasteiger partial charge in [-0.25, -0.2) is 4.98 Å². The Bertz CT molecular complexity index is 1130. The van der Waals surface area contributed by atoms with Crippen LogP contribution < -0.4 is 14.8 Å². The maximum absolute atomic E-state index is 13.0. The van der Waals surface area contributed by atoms with E-state index in [1.807, 2.05) is 6.92 Å². The third-order valence-corrected chi connectivity index (χ3v) is 6.17. The van der Waals surface area contributed by atoms with Gasteiger partial charge in [0.1, 0.15) is 10.9 Å². The third kappa shape index (κ3) is 5.14. The second-order valence-corrected chi connectivity index (χ2v) is 8.88. The number of aliphatic hydroxyl groups is 1. The molecule has 1 aliphatic rings. The number of anilines is 1. The Labute approximate surface area is 193 Å². The van der Waals surface area contributed by atoms with E-state index in [-0.39, 0.29) is 11.3 Å². The predicted octanol–water partition coefficient (Wildman–Crippen LogP) is 3.76. The van der Waals surface area contributed by atoms with Crippen molar-refractivity contribution < 1.29 is 19.4 Å². The molecule has 0 saturated heterocycles. The average molecular weight is 476 g/mol. The quantitative estimate of drug-likeness (QED) is 0.496. The highest BCUT2D eigenvalue weighted by Crippen LogP contribution is 2.34. The minimum Gasteiger partial charge on any atom is -0.494 e. The van der Waals surface area contributed by atoms with E-state index in [1.54, 1.807) is 12.1 Å². The molecule has 0 radical (unpaired) electrons. The number of methoxy groups -OCH3 is 1. The summed E-state index contributed by atoms with van der Waals surface area (Å²) in [5, 5.41) is 21.3. The van der Waals surface area contributed by atoms with Crippen LogP contribution in [0.2, 0.25) is 5.15 Å². The lowest BCUT2D eigenvalue weighted by Gasteiger charge is -2.13. The van der Waals surface area contributed by atoms with Crippen LogP contribution in [-0.2, 0) is 0 Å². The Morgan fingerprint density at radius 1 is 1.25 bits per heavy atom. The van der Waals surface area contributed by atoms with Gasteiger partial charge in [0.15, 0.2) is 0 Å². The number of aromatic nitrogens is 4. The molecule has 2 atom stereocenters. The molecule has 4 rings (SSSR count). The first-order chi connectivity index (χ1) is 15.4. The van der Waals surface area contributed by atoms with Gasteiger partial charge in [0.25, 0.3) is 11.1 Å². The number of rotatable bonds is 7. The maximum atomic E-state index is 13.0. The molecule has 11 heteroatoms. The number of aryl methyl sites for hydroxylation is 1. The van der Waals surface area contributed by atoms with Crippen molar-refractivity contribution in [3.05, 3.63) is 40.9 Å². The SMILES string of the molecule is COc1cnc(Cl)cc1-c1cc(C)ncc1C(=O)Nc1nnc(OCC2CCC(O)C2)s1. The number of aliphatic hydroxyl groups excluding tert-OH is 1. The summed E-state index contributed by atoms with van der Waals surface area (Å²) in [7, 11) is 1.53. The van der Waals surface area contributed by atoms with Crippen molar-refractivity contribution in [3.63, 3.8) is 0 Å². The normalized spacial score (nSPS) is 17.9. The van der Waals surface area contributed by atoms with E-state index in [4.69, 9.17) is 21.1 Å². The summed E-state index contributed by atoms with van der Waals surface area (Å²) in [6, 6.07) is 3.43. The topological polar surface area (TPSA) is 119 Å². The number of nitrogens with one attached hydrogen (secondary N) is 1. The Morgan fingerprint density at radius 2 is 2.09 bits per heavy atom. The van der Waals surface area contributed by atoms with Crippen LogP contribution in [0.25, 0.3) is 11.1 Å². The van der Waals surface area contributed by atoms with Crippen LogP contribution in [0.4, 0.5) is 5.13 Å². The van der Waals surface area contributed by atoms with E-state index in [0.29, 0.717) is 45.3 Å². The van der Waals surface area contributed by atoms with Crippen LogP contribution in [-0.4, -0.2) is 51.0 Å². The fourth-order valence-electron chi connectivity index (χ4n) is 3.63. The van der Waals surface area contributed by atoms with Gasteiger partial charge in [0.05, 0.1) is 31.6 Å². The zero-order valence-electron chi connectivity index (χ0n) is 17.5. The minimum atomic E-state index is -0.399. The van der Waals surface area contributed by atoms with Gasteiger partial charge in [-0.15, -0.1) is 5.10 Å². The van der Waals surface area contributed by atoms with Crippen LogP contribution >= 0.6 is 22.9 Å². The Balaban J connectivity index is 1.51. The molecule has 2 N–H and O–H groups in total. The number of ether oxygens (including phenoxy) is 2. The van der Waals surface area contributed by atoms with Crippen LogP contribution in [0, 0.1) is 12.8 Å². The van der Waals surface area contributed by atoms with Crippen molar-refractivity contribution >= 4 is 34.0 Å². The maximum Gasteiger partial charge on any atom is 0.295 e. The first kappa shape index (κ1) is 22.4. The van der Waals surface area contributed by atoms with Gasteiger partial charge >= 0.3 is 0 Å². The van der Waals surface area contributed by atoms with Crippen LogP contribution in [0.5, 0.6) is 10.9 Å². The van der Waals surface area contributed by atoms with Crippen molar-refractivity contribution in [2.75, 3.05) is 19.0 Å². The molecule has 3 heterocycles. The Hall–Kier alpha value is -2.82. The van der Waals surface area contributed by atoms with E-state index in [9.17, 15) is 9.90 Å². The summed E-state index contributed by atoms with van der Waals surface area (Å²) in [6.45, 7) is 2.30. The summed E-state index contributed by atoms with van der Waals surface area (Å²) >= 11 is 7.23. The van der Waals surface area contributed by atoms with Gasteiger partial charge < -0.3 is 14.6 Å². The second-order valence-electron chi connectivity index (χ2n) is 7.55. The molecule has 1 amide bonds. The first-order valence-corrected chi connectivity index (χ1v) is 11.2. The lowest BCUT2D eigenvalue weighted by atomic mass is 10.0. The molecule has 168 valence electrons. The predicted molar refractivity (Wildman–Crippen MR) is 120 cm³/mol. The first-order valence-electron chi connectivity index (χ1n) is 10.0. The number of nitrogens with zero attached hydrogens (tertiary/aromatic N) is 4. The highest BCUT2D eigenvalue weighted by molar-refractivity contribution is 7.17. The number of amides is 1. The molecule has 2 unspecified atom stereocenters. The Morgan fingerprint density at radius 3 is 2.84 bits per heavy atom. The average Bonchev–Trinajstić information content (AvgIpc) is 3.40. The zero-order valence-corrected chi connectivity index (χ0v) is 19.1. The zero-order chi connectivity index (χ0) is 22.7. The summed E-state index contributed by atoms with van der Waals surface area (Å²) < 4.78 is 11.1. The fourth-order valence-corrected chi connectivity index (χ4v) is 4.38. The second kappa shape index (κ2) is 9.76. The number of halogens is 1.